The van der Waals surface area contributed by atoms with Crippen molar-refractivity contribution in [3.8, 4) is 0 Å². The number of aryl methyl sites for hydroxylation is 1. The van der Waals surface area contributed by atoms with E-state index >= 15 is 0 Å². The Morgan fingerprint density at radius 1 is 0.913 bits per heavy atom. The van der Waals surface area contributed by atoms with Crippen LogP contribution in [0.4, 0.5) is 0 Å². The van der Waals surface area contributed by atoms with Gasteiger partial charge in [-0.2, -0.15) is 5.10 Å². The van der Waals surface area contributed by atoms with E-state index in [0.717, 1.165) is 10.9 Å². The topological polar surface area (TPSA) is 62.8 Å². The molecule has 5 heteroatoms. The lowest BCUT2D eigenvalue weighted by Gasteiger charge is -2.07. The van der Waals surface area contributed by atoms with Crippen LogP contribution in [0.2, 0.25) is 0 Å². The van der Waals surface area contributed by atoms with Gasteiger partial charge in [0.15, 0.2) is 5.03 Å². The van der Waals surface area contributed by atoms with Gasteiger partial charge < -0.3 is 0 Å². The first-order valence-electron chi connectivity index (χ1n) is 7.25. The van der Waals surface area contributed by atoms with E-state index in [-0.39, 0.29) is 5.03 Å². The molecular formula is C18H14N2O2S. The van der Waals surface area contributed by atoms with Crippen LogP contribution in [0.15, 0.2) is 70.6 Å². The highest BCUT2D eigenvalue weighted by Crippen LogP contribution is 2.31. The van der Waals surface area contributed by atoms with Crippen LogP contribution in [0.1, 0.15) is 5.56 Å². The number of sulfone groups is 1. The summed E-state index contributed by atoms with van der Waals surface area (Å²) in [6.45, 7) is 1.93. The Morgan fingerprint density at radius 3 is 2.57 bits per heavy atom. The van der Waals surface area contributed by atoms with Gasteiger partial charge in [-0.25, -0.2) is 8.42 Å². The lowest BCUT2D eigenvalue weighted by Crippen LogP contribution is -2.04. The molecule has 0 aliphatic heterocycles. The van der Waals surface area contributed by atoms with Crippen LogP contribution < -0.4 is 0 Å². The lowest BCUT2D eigenvalue weighted by molar-refractivity contribution is 0.593. The predicted molar refractivity (Wildman–Crippen MR) is 90.2 cm³/mol. The molecule has 0 bridgehead atoms. The average Bonchev–Trinajstić information content (AvgIpc) is 2.98. The first kappa shape index (κ1) is 14.0. The Kier molecular flexibility index (Phi) is 2.99. The van der Waals surface area contributed by atoms with Gasteiger partial charge in [0.2, 0.25) is 9.84 Å². The summed E-state index contributed by atoms with van der Waals surface area (Å²) in [4.78, 5) is 0.294. The zero-order valence-electron chi connectivity index (χ0n) is 12.4. The Morgan fingerprint density at radius 2 is 1.70 bits per heavy atom. The molecule has 4 rings (SSSR count). The van der Waals surface area contributed by atoms with E-state index in [2.05, 4.69) is 10.2 Å². The van der Waals surface area contributed by atoms with Crippen molar-refractivity contribution in [3.05, 3.63) is 66.2 Å². The van der Waals surface area contributed by atoms with Gasteiger partial charge in [0.25, 0.3) is 0 Å². The Labute approximate surface area is 133 Å². The molecule has 4 nitrogen and oxygen atoms in total. The molecular weight excluding hydrogens is 308 g/mol. The highest BCUT2D eigenvalue weighted by atomic mass is 32.2. The van der Waals surface area contributed by atoms with Crippen molar-refractivity contribution in [2.75, 3.05) is 0 Å². The molecule has 0 aliphatic rings. The number of benzene rings is 3. The van der Waals surface area contributed by atoms with Crippen molar-refractivity contribution in [3.63, 3.8) is 0 Å². The molecule has 0 fully saturated rings. The molecule has 0 saturated carbocycles. The van der Waals surface area contributed by atoms with Crippen LogP contribution in [-0.4, -0.2) is 18.6 Å². The normalized spacial score (nSPS) is 12.0. The lowest BCUT2D eigenvalue weighted by atomic mass is 10.1. The van der Waals surface area contributed by atoms with Gasteiger partial charge in [-0.1, -0.05) is 48.0 Å². The number of nitrogens with zero attached hydrogens (tertiary/aromatic N) is 1. The highest BCUT2D eigenvalue weighted by molar-refractivity contribution is 7.91. The molecule has 0 aliphatic carbocycles. The van der Waals surface area contributed by atoms with Gasteiger partial charge >= 0.3 is 0 Å². The SMILES string of the molecule is Cc1ccc2n[nH]c(S(=O)(=O)c3cccc4ccccc34)c2c1. The molecule has 0 atom stereocenters. The maximum Gasteiger partial charge on any atom is 0.224 e. The molecule has 3 aromatic carbocycles. The summed E-state index contributed by atoms with van der Waals surface area (Å²) in [6.07, 6.45) is 0. The molecule has 1 aromatic heterocycles. The second-order valence-corrected chi connectivity index (χ2v) is 7.41. The number of fused-ring (bicyclic) bond motifs is 2. The van der Waals surface area contributed by atoms with Crippen LogP contribution in [0.25, 0.3) is 21.7 Å². The third kappa shape index (κ3) is 2.12. The molecule has 114 valence electrons. The van der Waals surface area contributed by atoms with Crippen LogP contribution >= 0.6 is 0 Å². The van der Waals surface area contributed by atoms with Gasteiger partial charge in [0, 0.05) is 10.8 Å². The predicted octanol–water partition coefficient (Wildman–Crippen LogP) is 3.86. The summed E-state index contributed by atoms with van der Waals surface area (Å²) < 4.78 is 26.3. The first-order chi connectivity index (χ1) is 11.1. The maximum atomic E-state index is 13.2. The van der Waals surface area contributed by atoms with Crippen LogP contribution in [0.3, 0.4) is 0 Å². The second-order valence-electron chi connectivity index (χ2n) is 5.55. The van der Waals surface area contributed by atoms with Crippen molar-refractivity contribution in [2.45, 2.75) is 16.8 Å². The fourth-order valence-corrected chi connectivity index (χ4v) is 4.42. The molecule has 0 unspecified atom stereocenters. The smallest absolute Gasteiger partial charge is 0.224 e. The minimum Gasteiger partial charge on any atom is -0.266 e. The molecule has 0 spiro atoms. The minimum atomic E-state index is -3.68. The Balaban J connectivity index is 2.04. The Hall–Kier alpha value is -2.66. The van der Waals surface area contributed by atoms with Crippen molar-refractivity contribution < 1.29 is 8.42 Å². The average molecular weight is 322 g/mol. The number of hydrogen-bond donors (Lipinski definition) is 1. The van der Waals surface area contributed by atoms with E-state index < -0.39 is 9.84 Å². The van der Waals surface area contributed by atoms with Crippen molar-refractivity contribution in [1.29, 1.82) is 0 Å². The zero-order chi connectivity index (χ0) is 16.0. The van der Waals surface area contributed by atoms with Gasteiger partial charge in [0.1, 0.15) is 0 Å². The van der Waals surface area contributed by atoms with Crippen LogP contribution in [0, 0.1) is 6.92 Å². The van der Waals surface area contributed by atoms with Crippen molar-refractivity contribution in [2.24, 2.45) is 0 Å². The summed E-state index contributed by atoms with van der Waals surface area (Å²) in [5, 5.41) is 9.21. The fourth-order valence-electron chi connectivity index (χ4n) is 2.85. The van der Waals surface area contributed by atoms with E-state index in [9.17, 15) is 8.42 Å². The van der Waals surface area contributed by atoms with Gasteiger partial charge in [-0.05, 0) is 30.5 Å². The standard InChI is InChI=1S/C18H14N2O2S/c1-12-9-10-16-15(11-12)18(20-19-16)23(21,22)17-8-4-6-13-5-2-3-7-14(13)17/h2-11H,1H3,(H,19,20). The molecule has 1 N–H and O–H groups in total. The number of aromatic amines is 1. The molecule has 23 heavy (non-hydrogen) atoms. The summed E-state index contributed by atoms with van der Waals surface area (Å²) in [5.74, 6) is 0. The quantitative estimate of drug-likeness (QED) is 0.609. The maximum absolute atomic E-state index is 13.2. The molecule has 0 amide bonds. The first-order valence-corrected chi connectivity index (χ1v) is 8.73. The molecule has 1 heterocycles. The number of aromatic nitrogens is 2. The second kappa shape index (κ2) is 4.93. The van der Waals surface area contributed by atoms with E-state index in [4.69, 9.17) is 0 Å². The van der Waals surface area contributed by atoms with E-state index in [1.165, 1.54) is 0 Å². The minimum absolute atomic E-state index is 0.146. The largest absolute Gasteiger partial charge is 0.266 e. The number of rotatable bonds is 2. The van der Waals surface area contributed by atoms with E-state index in [1.807, 2.05) is 55.5 Å². The van der Waals surface area contributed by atoms with Gasteiger partial charge in [0.05, 0.1) is 10.4 Å². The summed E-state index contributed by atoms with van der Waals surface area (Å²) in [5.41, 5.74) is 1.64. The number of H-pyrrole nitrogens is 1. The molecule has 0 radical (unpaired) electrons. The van der Waals surface area contributed by atoms with Crippen molar-refractivity contribution >= 4 is 31.5 Å². The summed E-state index contributed by atoms with van der Waals surface area (Å²) in [6, 6.07) is 18.4. The van der Waals surface area contributed by atoms with Gasteiger partial charge in [-0.15, -0.1) is 0 Å². The third-order valence-corrected chi connectivity index (χ3v) is 5.77. The third-order valence-electron chi connectivity index (χ3n) is 3.98. The summed E-state index contributed by atoms with van der Waals surface area (Å²) >= 11 is 0. The van der Waals surface area contributed by atoms with Crippen LogP contribution in [-0.2, 0) is 9.84 Å². The van der Waals surface area contributed by atoms with E-state index in [0.29, 0.717) is 21.2 Å². The molecule has 4 aromatic rings. The highest BCUT2D eigenvalue weighted by Gasteiger charge is 2.24. The zero-order valence-corrected chi connectivity index (χ0v) is 13.3. The van der Waals surface area contributed by atoms with E-state index in [1.54, 1.807) is 12.1 Å². The van der Waals surface area contributed by atoms with Crippen LogP contribution in [0.5, 0.6) is 0 Å². The Bertz CT molecular complexity index is 1140. The van der Waals surface area contributed by atoms with Gasteiger partial charge in [-0.3, -0.25) is 5.10 Å². The number of hydrogen-bond acceptors (Lipinski definition) is 3. The fraction of sp³-hybridized carbons (Fsp3) is 0.0556. The molecule has 0 saturated heterocycles. The van der Waals surface area contributed by atoms with Crippen molar-refractivity contribution in [1.82, 2.24) is 10.2 Å². The monoisotopic (exact) mass is 322 g/mol. The summed E-state index contributed by atoms with van der Waals surface area (Å²) in [7, 11) is -3.68. The number of nitrogens with one attached hydrogen (secondary N) is 1.